The Kier molecular flexibility index (Phi) is 4.43. The summed E-state index contributed by atoms with van der Waals surface area (Å²) in [7, 11) is 0. The molecule has 0 N–H and O–H groups in total. The molecule has 19 heavy (non-hydrogen) atoms. The molecule has 0 rings (SSSR count). The molecule has 0 bridgehead atoms. The first-order valence-electron chi connectivity index (χ1n) is 3.69. The molecule has 0 aliphatic heterocycles. The van der Waals surface area contributed by atoms with Gasteiger partial charge in [-0.15, -0.1) is 0 Å². The van der Waals surface area contributed by atoms with E-state index in [0.717, 1.165) is 0 Å². The van der Waals surface area contributed by atoms with E-state index in [-0.39, 0.29) is 0 Å². The van der Waals surface area contributed by atoms with Gasteiger partial charge in [-0.2, -0.15) is 0 Å². The quantitative estimate of drug-likeness (QED) is 0.493. The number of hydrogen-bond acceptors (Lipinski definition) is 0. The molecule has 0 saturated carbocycles. The molecule has 0 atom stereocenters. The van der Waals surface area contributed by atoms with Gasteiger partial charge in [0, 0.05) is 0 Å². The molecular weight excluding hydrogens is 356 g/mol. The van der Waals surface area contributed by atoms with Gasteiger partial charge in [0.15, 0.2) is 0 Å². The van der Waals surface area contributed by atoms with Crippen molar-refractivity contribution in [2.45, 2.75) is 24.7 Å². The Hall–Kier alpha value is -0.451. The van der Waals surface area contributed by atoms with Crippen LogP contribution in [0.4, 0.5) is 52.7 Å². The molecule has 0 unspecified atom stereocenters. The maximum atomic E-state index is 12.1. The van der Waals surface area contributed by atoms with E-state index in [1.165, 1.54) is 15.6 Å². The fraction of sp³-hybridized carbons (Fsp3) is 0.833. The van der Waals surface area contributed by atoms with Crippen LogP contribution in [0.2, 0.25) is 0 Å². The third-order valence-corrected chi connectivity index (χ3v) is 2.56. The summed E-state index contributed by atoms with van der Waals surface area (Å²) in [5, 5.41) is 0. The monoisotopic (exact) mass is 356 g/mol. The second-order valence-electron chi connectivity index (χ2n) is 3.04. The van der Waals surface area contributed by atoms with Crippen molar-refractivity contribution >= 4 is 4.42 Å². The van der Waals surface area contributed by atoms with Crippen molar-refractivity contribution < 1.29 is 68.3 Å². The van der Waals surface area contributed by atoms with Crippen LogP contribution < -0.4 is 0 Å². The maximum absolute atomic E-state index is 12.1. The van der Waals surface area contributed by atoms with Crippen molar-refractivity contribution in [2.75, 3.05) is 0 Å². The van der Waals surface area contributed by atoms with Gasteiger partial charge in [0.25, 0.3) is 0 Å². The van der Waals surface area contributed by atoms with Crippen LogP contribution in [0.5, 0.6) is 0 Å². The second kappa shape index (κ2) is 4.54. The zero-order chi connectivity index (χ0) is 16.1. The third kappa shape index (κ3) is 2.86. The number of hydrogen-bond donors (Lipinski definition) is 0. The number of alkyl halides is 12. The topological polar surface area (TPSA) is 0 Å². The van der Waals surface area contributed by atoms with Crippen molar-refractivity contribution in [3.8, 4) is 0 Å². The summed E-state index contributed by atoms with van der Waals surface area (Å²) in [5.41, 5.74) is -7.06. The molecule has 0 aromatic heterocycles. The van der Waals surface area contributed by atoms with Crippen LogP contribution in [0.25, 0.3) is 0 Å². The van der Waals surface area contributed by atoms with Gasteiger partial charge >= 0.3 is 103 Å². The molecular formula is C6F12Fe. The van der Waals surface area contributed by atoms with Crippen LogP contribution in [0.3, 0.4) is 0 Å². The molecule has 13 heteroatoms. The van der Waals surface area contributed by atoms with E-state index >= 15 is 0 Å². The second-order valence-corrected chi connectivity index (χ2v) is 3.59. The van der Waals surface area contributed by atoms with Gasteiger partial charge < -0.3 is 0 Å². The Morgan fingerprint density at radius 2 is 0.737 bits per heavy atom. The predicted octanol–water partition coefficient (Wildman–Crippen LogP) is 3.94. The van der Waals surface area contributed by atoms with Crippen LogP contribution in [0.1, 0.15) is 0 Å². The van der Waals surface area contributed by atoms with Gasteiger partial charge in [-0.25, -0.2) is 0 Å². The molecule has 0 aliphatic carbocycles. The number of rotatable bonds is 1. The SMILES string of the molecule is FC(F)(F)[C](=[Fe])C(C(F)(F)F)(C(F)(F)F)C(F)(F)F. The predicted molar refractivity (Wildman–Crippen MR) is 31.7 cm³/mol. The van der Waals surface area contributed by atoms with Crippen molar-refractivity contribution in [3.63, 3.8) is 0 Å². The van der Waals surface area contributed by atoms with Gasteiger partial charge in [-0.3, -0.25) is 0 Å². The Labute approximate surface area is 104 Å². The molecule has 0 radical (unpaired) electrons. The molecule has 0 aromatic rings. The molecule has 0 nitrogen and oxygen atoms in total. The van der Waals surface area contributed by atoms with Gasteiger partial charge in [-0.05, 0) is 0 Å². The molecule has 0 aliphatic rings. The van der Waals surface area contributed by atoms with E-state index in [0.29, 0.717) is 0 Å². The first kappa shape index (κ1) is 18.5. The fourth-order valence-electron chi connectivity index (χ4n) is 1.06. The van der Waals surface area contributed by atoms with E-state index < -0.39 is 34.5 Å². The molecule has 0 aromatic carbocycles. The van der Waals surface area contributed by atoms with Crippen LogP contribution in [0, 0.1) is 5.41 Å². The third-order valence-electron chi connectivity index (χ3n) is 1.84. The van der Waals surface area contributed by atoms with Crippen LogP contribution in [-0.4, -0.2) is 29.1 Å². The Morgan fingerprint density at radius 3 is 0.789 bits per heavy atom. The van der Waals surface area contributed by atoms with Crippen LogP contribution in [-0.2, 0) is 15.6 Å². The molecule has 0 spiro atoms. The van der Waals surface area contributed by atoms with Crippen molar-refractivity contribution in [1.29, 1.82) is 0 Å². The zero-order valence-electron chi connectivity index (χ0n) is 7.89. The summed E-state index contributed by atoms with van der Waals surface area (Å²) >= 11 is 1.31. The van der Waals surface area contributed by atoms with E-state index in [1.807, 2.05) is 0 Å². The van der Waals surface area contributed by atoms with Gasteiger partial charge in [0.1, 0.15) is 0 Å². The van der Waals surface area contributed by atoms with Crippen molar-refractivity contribution in [2.24, 2.45) is 5.41 Å². The first-order chi connectivity index (χ1) is 7.90. The minimum atomic E-state index is -7.31. The van der Waals surface area contributed by atoms with E-state index in [4.69, 9.17) is 0 Å². The van der Waals surface area contributed by atoms with Gasteiger partial charge in [0.05, 0.1) is 0 Å². The summed E-state index contributed by atoms with van der Waals surface area (Å²) < 4.78 is 141. The minimum absolute atomic E-state index is 1.31. The molecule has 0 heterocycles. The summed E-state index contributed by atoms with van der Waals surface area (Å²) in [4.78, 5) is 0. The average Bonchev–Trinajstić information content (AvgIpc) is 1.92. The average molecular weight is 356 g/mol. The summed E-state index contributed by atoms with van der Waals surface area (Å²) in [6, 6.07) is 0. The fourth-order valence-corrected chi connectivity index (χ4v) is 1.53. The van der Waals surface area contributed by atoms with Crippen molar-refractivity contribution in [1.82, 2.24) is 0 Å². The first-order valence-corrected chi connectivity index (χ1v) is 4.25. The van der Waals surface area contributed by atoms with E-state index in [9.17, 15) is 52.7 Å². The van der Waals surface area contributed by atoms with Crippen LogP contribution >= 0.6 is 0 Å². The van der Waals surface area contributed by atoms with Crippen molar-refractivity contribution in [3.05, 3.63) is 0 Å². The Bertz CT molecular complexity index is 314. The van der Waals surface area contributed by atoms with E-state index in [2.05, 4.69) is 0 Å². The molecule has 0 amide bonds. The normalized spacial score (nSPS) is 15.6. The standard InChI is InChI=1S/C6F12.Fe/c7-3(8,9)1-2(4(10,11)12,5(13,14)15)6(16,17)18;. The Balaban J connectivity index is 6.55. The summed E-state index contributed by atoms with van der Waals surface area (Å²) in [5.74, 6) is 0. The summed E-state index contributed by atoms with van der Waals surface area (Å²) in [6.07, 6.45) is -28.5. The Morgan fingerprint density at radius 1 is 0.526 bits per heavy atom. The van der Waals surface area contributed by atoms with Gasteiger partial charge in [0.2, 0.25) is 0 Å². The summed E-state index contributed by atoms with van der Waals surface area (Å²) in [6.45, 7) is 0. The number of halogens is 12. The molecule has 0 fully saturated rings. The molecule has 116 valence electrons. The van der Waals surface area contributed by atoms with Crippen LogP contribution in [0.15, 0.2) is 0 Å². The van der Waals surface area contributed by atoms with E-state index in [1.54, 1.807) is 0 Å². The molecule has 0 saturated heterocycles. The van der Waals surface area contributed by atoms with Gasteiger partial charge in [-0.1, -0.05) is 0 Å². The zero-order valence-corrected chi connectivity index (χ0v) is 8.99.